The van der Waals surface area contributed by atoms with Gasteiger partial charge in [0.2, 0.25) is 0 Å². The molecule has 2 aromatic carbocycles. The average molecular weight is 380 g/mol. The first-order chi connectivity index (χ1) is 12.3. The molecule has 0 saturated carbocycles. The zero-order chi connectivity index (χ0) is 18.9. The van der Waals surface area contributed by atoms with E-state index in [-0.39, 0.29) is 21.8 Å². The first kappa shape index (κ1) is 18.0. The summed E-state index contributed by atoms with van der Waals surface area (Å²) in [7, 11) is 0. The molecule has 1 N–H and O–H groups in total. The predicted octanol–water partition coefficient (Wildman–Crippen LogP) is 4.90. The Morgan fingerprint density at radius 2 is 1.85 bits per heavy atom. The van der Waals surface area contributed by atoms with Gasteiger partial charge in [0.05, 0.1) is 27.5 Å². The SMILES string of the molecule is Cc1[nH]n(-c2ccccc2)c(=O)c1C=Nc1cc(C(F)(F)F)ccc1Cl. The van der Waals surface area contributed by atoms with E-state index >= 15 is 0 Å². The molecule has 0 aliphatic rings. The van der Waals surface area contributed by atoms with Crippen molar-refractivity contribution in [1.29, 1.82) is 0 Å². The maximum absolute atomic E-state index is 12.8. The number of hydrogen-bond acceptors (Lipinski definition) is 2. The second-order valence-electron chi connectivity index (χ2n) is 5.55. The molecule has 3 rings (SSSR count). The molecule has 1 aromatic heterocycles. The zero-order valence-electron chi connectivity index (χ0n) is 13.5. The summed E-state index contributed by atoms with van der Waals surface area (Å²) in [6.45, 7) is 1.68. The Hall–Kier alpha value is -2.80. The summed E-state index contributed by atoms with van der Waals surface area (Å²) in [5, 5.41) is 2.98. The summed E-state index contributed by atoms with van der Waals surface area (Å²) in [6.07, 6.45) is -3.28. The number of nitrogens with one attached hydrogen (secondary N) is 1. The zero-order valence-corrected chi connectivity index (χ0v) is 14.3. The Morgan fingerprint density at radius 3 is 2.50 bits per heavy atom. The topological polar surface area (TPSA) is 50.1 Å². The number of aryl methyl sites for hydroxylation is 1. The van der Waals surface area contributed by atoms with Crippen molar-refractivity contribution in [3.8, 4) is 5.69 Å². The summed E-state index contributed by atoms with van der Waals surface area (Å²) >= 11 is 5.92. The second kappa shape index (κ2) is 6.84. The van der Waals surface area contributed by atoms with Crippen LogP contribution in [0.25, 0.3) is 5.69 Å². The van der Waals surface area contributed by atoms with Gasteiger partial charge in [-0.2, -0.15) is 13.2 Å². The number of hydrogen-bond donors (Lipinski definition) is 1. The third kappa shape index (κ3) is 3.57. The minimum absolute atomic E-state index is 0.0609. The molecule has 0 fully saturated rings. The molecular weight excluding hydrogens is 367 g/mol. The average Bonchev–Trinajstić information content (AvgIpc) is 2.88. The van der Waals surface area contributed by atoms with Crippen molar-refractivity contribution in [2.75, 3.05) is 0 Å². The number of H-pyrrole nitrogens is 1. The molecule has 0 aliphatic carbocycles. The summed E-state index contributed by atoms with van der Waals surface area (Å²) < 4.78 is 39.8. The van der Waals surface area contributed by atoms with E-state index in [1.165, 1.54) is 10.9 Å². The van der Waals surface area contributed by atoms with Crippen molar-refractivity contribution in [3.63, 3.8) is 0 Å². The Morgan fingerprint density at radius 1 is 1.15 bits per heavy atom. The number of benzene rings is 2. The number of halogens is 4. The van der Waals surface area contributed by atoms with Crippen molar-refractivity contribution < 1.29 is 13.2 Å². The third-order valence-corrected chi connectivity index (χ3v) is 4.06. The van der Waals surface area contributed by atoms with Gasteiger partial charge >= 0.3 is 6.18 Å². The summed E-state index contributed by atoms with van der Waals surface area (Å²) in [5.74, 6) is 0. The lowest BCUT2D eigenvalue weighted by Crippen LogP contribution is -2.17. The molecule has 0 atom stereocenters. The normalized spacial score (nSPS) is 12.0. The number of rotatable bonds is 3. The van der Waals surface area contributed by atoms with E-state index < -0.39 is 11.7 Å². The van der Waals surface area contributed by atoms with Crippen molar-refractivity contribution in [2.24, 2.45) is 4.99 Å². The summed E-state index contributed by atoms with van der Waals surface area (Å²) in [5.41, 5.74) is 0.125. The molecule has 0 unspecified atom stereocenters. The minimum Gasteiger partial charge on any atom is -0.295 e. The van der Waals surface area contributed by atoms with Crippen LogP contribution in [0.3, 0.4) is 0 Å². The first-order valence-electron chi connectivity index (χ1n) is 7.55. The van der Waals surface area contributed by atoms with Crippen molar-refractivity contribution in [1.82, 2.24) is 9.78 Å². The van der Waals surface area contributed by atoms with Crippen LogP contribution >= 0.6 is 11.6 Å². The van der Waals surface area contributed by atoms with Crippen LogP contribution in [0.1, 0.15) is 16.8 Å². The second-order valence-corrected chi connectivity index (χ2v) is 5.96. The number of aromatic amines is 1. The fourth-order valence-corrected chi connectivity index (χ4v) is 2.56. The lowest BCUT2D eigenvalue weighted by Gasteiger charge is -2.07. The molecule has 0 aliphatic heterocycles. The van der Waals surface area contributed by atoms with Gasteiger partial charge in [-0.3, -0.25) is 14.9 Å². The molecule has 4 nitrogen and oxygen atoms in total. The van der Waals surface area contributed by atoms with E-state index in [0.717, 1.165) is 18.2 Å². The minimum atomic E-state index is -4.50. The van der Waals surface area contributed by atoms with Crippen molar-refractivity contribution in [2.45, 2.75) is 13.1 Å². The third-order valence-electron chi connectivity index (χ3n) is 3.74. The standard InChI is InChI=1S/C18H13ClF3N3O/c1-11-14(17(26)25(24-11)13-5-3-2-4-6-13)10-23-16-9-12(18(20,21)22)7-8-15(16)19/h2-10,24H,1H3. The van der Waals surface area contributed by atoms with Crippen LogP contribution in [0, 0.1) is 6.92 Å². The van der Waals surface area contributed by atoms with Gasteiger partial charge in [0.15, 0.2) is 0 Å². The van der Waals surface area contributed by atoms with Crippen LogP contribution in [0.15, 0.2) is 58.3 Å². The van der Waals surface area contributed by atoms with E-state index in [1.54, 1.807) is 31.2 Å². The lowest BCUT2D eigenvalue weighted by molar-refractivity contribution is -0.137. The van der Waals surface area contributed by atoms with Crippen LogP contribution < -0.4 is 5.56 Å². The number of aliphatic imine (C=N–C) groups is 1. The largest absolute Gasteiger partial charge is 0.416 e. The van der Waals surface area contributed by atoms with Gasteiger partial charge in [0.25, 0.3) is 5.56 Å². The number of para-hydroxylation sites is 1. The van der Waals surface area contributed by atoms with E-state index in [2.05, 4.69) is 10.1 Å². The highest BCUT2D eigenvalue weighted by Gasteiger charge is 2.30. The quantitative estimate of drug-likeness (QED) is 0.647. The van der Waals surface area contributed by atoms with Gasteiger partial charge in [-0.25, -0.2) is 4.68 Å². The molecule has 1 heterocycles. The highest BCUT2D eigenvalue weighted by atomic mass is 35.5. The van der Waals surface area contributed by atoms with Crippen LogP contribution in [0.4, 0.5) is 18.9 Å². The fraction of sp³-hybridized carbons (Fsp3) is 0.111. The predicted molar refractivity (Wildman–Crippen MR) is 94.8 cm³/mol. The van der Waals surface area contributed by atoms with Crippen LogP contribution in [0.2, 0.25) is 5.02 Å². The summed E-state index contributed by atoms with van der Waals surface area (Å²) in [4.78, 5) is 16.5. The maximum Gasteiger partial charge on any atom is 0.416 e. The van der Waals surface area contributed by atoms with E-state index in [9.17, 15) is 18.0 Å². The lowest BCUT2D eigenvalue weighted by atomic mass is 10.2. The van der Waals surface area contributed by atoms with Crippen molar-refractivity contribution >= 4 is 23.5 Å². The Balaban J connectivity index is 2.00. The van der Waals surface area contributed by atoms with Gasteiger partial charge in [-0.1, -0.05) is 29.8 Å². The molecule has 0 saturated heterocycles. The van der Waals surface area contributed by atoms with E-state index in [1.807, 2.05) is 6.07 Å². The molecule has 0 amide bonds. The summed E-state index contributed by atoms with van der Waals surface area (Å²) in [6, 6.07) is 11.7. The van der Waals surface area contributed by atoms with E-state index in [0.29, 0.717) is 11.4 Å². The highest BCUT2D eigenvalue weighted by molar-refractivity contribution is 6.33. The molecule has 3 aromatic rings. The van der Waals surface area contributed by atoms with Gasteiger partial charge < -0.3 is 0 Å². The Labute approximate surface area is 151 Å². The molecule has 26 heavy (non-hydrogen) atoms. The number of aromatic nitrogens is 2. The van der Waals surface area contributed by atoms with Crippen LogP contribution in [-0.4, -0.2) is 16.0 Å². The molecule has 0 bridgehead atoms. The molecule has 8 heteroatoms. The van der Waals surface area contributed by atoms with Gasteiger partial charge in [-0.15, -0.1) is 0 Å². The molecule has 0 spiro atoms. The maximum atomic E-state index is 12.8. The molecular formula is C18H13ClF3N3O. The first-order valence-corrected chi connectivity index (χ1v) is 7.93. The van der Waals surface area contributed by atoms with Crippen molar-refractivity contribution in [3.05, 3.63) is 80.7 Å². The monoisotopic (exact) mass is 379 g/mol. The van der Waals surface area contributed by atoms with Crippen LogP contribution in [0.5, 0.6) is 0 Å². The Bertz CT molecular complexity index is 1020. The van der Waals surface area contributed by atoms with Gasteiger partial charge in [0, 0.05) is 11.9 Å². The number of nitrogens with zero attached hydrogens (tertiary/aromatic N) is 2. The smallest absolute Gasteiger partial charge is 0.295 e. The Kier molecular flexibility index (Phi) is 4.73. The fourth-order valence-electron chi connectivity index (χ4n) is 2.39. The highest BCUT2D eigenvalue weighted by Crippen LogP contribution is 2.34. The number of alkyl halides is 3. The van der Waals surface area contributed by atoms with Gasteiger partial charge in [-0.05, 0) is 37.3 Å². The van der Waals surface area contributed by atoms with E-state index in [4.69, 9.17) is 11.6 Å². The van der Waals surface area contributed by atoms with Gasteiger partial charge in [0.1, 0.15) is 0 Å². The van der Waals surface area contributed by atoms with Crippen LogP contribution in [-0.2, 0) is 6.18 Å². The molecule has 134 valence electrons. The molecule has 0 radical (unpaired) electrons.